The number of hydrogen-bond donors (Lipinski definition) is 0. The second-order valence-electron chi connectivity index (χ2n) is 9.05. The monoisotopic (exact) mass is 330 g/mol. The first-order chi connectivity index (χ1) is 9.14. The highest BCUT2D eigenvalue weighted by Gasteiger charge is 2.39. The first-order valence-corrected chi connectivity index (χ1v) is 13.9. The molecule has 0 saturated carbocycles. The van der Waals surface area contributed by atoms with Crippen molar-refractivity contribution in [2.24, 2.45) is 0 Å². The van der Waals surface area contributed by atoms with Crippen molar-refractivity contribution in [1.82, 2.24) is 0 Å². The maximum absolute atomic E-state index is 6.41. The minimum Gasteiger partial charge on any atom is -0.417 e. The topological polar surface area (TPSA) is 18.5 Å². The minimum atomic E-state index is -1.74. The molecular weight excluding hydrogens is 292 g/mol. The molecule has 0 bridgehead atoms. The summed E-state index contributed by atoms with van der Waals surface area (Å²) >= 11 is 0. The molecular formula is C17H38O2Si2. The number of rotatable bonds is 7. The fraction of sp³-hybridized carbons (Fsp3) is 0.882. The van der Waals surface area contributed by atoms with Crippen molar-refractivity contribution in [2.75, 3.05) is 6.61 Å². The normalized spacial score (nSPS) is 15.9. The largest absolute Gasteiger partial charge is 0.417 e. The highest BCUT2D eigenvalue weighted by atomic mass is 28.4. The fourth-order valence-corrected chi connectivity index (χ4v) is 3.81. The van der Waals surface area contributed by atoms with Gasteiger partial charge in [-0.1, -0.05) is 47.6 Å². The number of hydrogen-bond acceptors (Lipinski definition) is 2. The standard InChI is InChI=1S/C17H38O2Si2/c1-12-15(19-21(10,11)17(5,6)7)13-14-18-20(8,9)16(2,3)4/h12,15H,1,13-14H2,2-11H3/t15-/m0/s1. The summed E-state index contributed by atoms with van der Waals surface area (Å²) in [5.74, 6) is 0. The Hall–Kier alpha value is 0.0938. The first-order valence-electron chi connectivity index (χ1n) is 8.08. The van der Waals surface area contributed by atoms with E-state index in [1.165, 1.54) is 0 Å². The summed E-state index contributed by atoms with van der Waals surface area (Å²) in [5.41, 5.74) is 0. The van der Waals surface area contributed by atoms with Crippen molar-refractivity contribution >= 4 is 16.6 Å². The van der Waals surface area contributed by atoms with E-state index in [-0.39, 0.29) is 16.2 Å². The fourth-order valence-electron chi connectivity index (χ4n) is 1.43. The second kappa shape index (κ2) is 7.11. The van der Waals surface area contributed by atoms with Gasteiger partial charge in [0.2, 0.25) is 0 Å². The highest BCUT2D eigenvalue weighted by molar-refractivity contribution is 6.74. The lowest BCUT2D eigenvalue weighted by molar-refractivity contribution is 0.176. The molecule has 0 spiro atoms. The van der Waals surface area contributed by atoms with Crippen molar-refractivity contribution in [3.63, 3.8) is 0 Å². The third-order valence-corrected chi connectivity index (χ3v) is 14.2. The van der Waals surface area contributed by atoms with E-state index in [2.05, 4.69) is 74.3 Å². The highest BCUT2D eigenvalue weighted by Crippen LogP contribution is 2.38. The van der Waals surface area contributed by atoms with Gasteiger partial charge >= 0.3 is 0 Å². The lowest BCUT2D eigenvalue weighted by Gasteiger charge is -2.39. The molecule has 2 nitrogen and oxygen atoms in total. The van der Waals surface area contributed by atoms with Crippen LogP contribution >= 0.6 is 0 Å². The zero-order valence-corrected chi connectivity index (χ0v) is 18.1. The van der Waals surface area contributed by atoms with Crippen LogP contribution in [-0.4, -0.2) is 29.3 Å². The SMILES string of the molecule is C=C[C@@H](CCO[Si](C)(C)C(C)(C)C)O[Si](C)(C)C(C)(C)C. The van der Waals surface area contributed by atoms with E-state index >= 15 is 0 Å². The molecule has 0 fully saturated rings. The molecule has 0 aliphatic rings. The first kappa shape index (κ1) is 21.1. The maximum atomic E-state index is 6.41. The summed E-state index contributed by atoms with van der Waals surface area (Å²) in [5, 5.41) is 0.492. The predicted molar refractivity (Wildman–Crippen MR) is 100 cm³/mol. The summed E-state index contributed by atoms with van der Waals surface area (Å²) in [4.78, 5) is 0. The lowest BCUT2D eigenvalue weighted by Crippen LogP contribution is -2.44. The zero-order valence-electron chi connectivity index (χ0n) is 16.1. The van der Waals surface area contributed by atoms with Gasteiger partial charge in [-0.15, -0.1) is 6.58 Å². The van der Waals surface area contributed by atoms with Gasteiger partial charge in [-0.2, -0.15) is 0 Å². The average molecular weight is 331 g/mol. The van der Waals surface area contributed by atoms with Gasteiger partial charge in [-0.25, -0.2) is 0 Å². The van der Waals surface area contributed by atoms with Crippen molar-refractivity contribution in [3.05, 3.63) is 12.7 Å². The Morgan fingerprint density at radius 2 is 1.33 bits per heavy atom. The molecule has 0 aromatic carbocycles. The molecule has 0 aromatic heterocycles. The third kappa shape index (κ3) is 6.39. The van der Waals surface area contributed by atoms with E-state index in [0.717, 1.165) is 13.0 Å². The molecule has 0 aliphatic carbocycles. The molecule has 0 N–H and O–H groups in total. The summed E-state index contributed by atoms with van der Waals surface area (Å²) in [6.45, 7) is 27.5. The molecule has 0 amide bonds. The van der Waals surface area contributed by atoms with Crippen LogP contribution in [0.5, 0.6) is 0 Å². The Kier molecular flexibility index (Phi) is 7.14. The van der Waals surface area contributed by atoms with Crippen molar-refractivity contribution in [2.45, 2.75) is 90.3 Å². The van der Waals surface area contributed by atoms with E-state index in [1.54, 1.807) is 0 Å². The zero-order chi connectivity index (χ0) is 17.1. The van der Waals surface area contributed by atoms with Crippen LogP contribution in [0.25, 0.3) is 0 Å². The van der Waals surface area contributed by atoms with Gasteiger partial charge in [-0.3, -0.25) is 0 Å². The summed E-state index contributed by atoms with van der Waals surface area (Å²) in [7, 11) is -3.40. The Balaban J connectivity index is 4.53. The lowest BCUT2D eigenvalue weighted by atomic mass is 10.2. The van der Waals surface area contributed by atoms with Crippen LogP contribution in [0, 0.1) is 0 Å². The molecule has 0 heterocycles. The van der Waals surface area contributed by atoms with E-state index in [0.29, 0.717) is 0 Å². The van der Waals surface area contributed by atoms with Gasteiger partial charge in [0, 0.05) is 6.61 Å². The molecule has 4 heteroatoms. The second-order valence-corrected chi connectivity index (χ2v) is 18.6. The third-order valence-electron chi connectivity index (χ3n) is 5.19. The van der Waals surface area contributed by atoms with E-state index in [9.17, 15) is 0 Å². The van der Waals surface area contributed by atoms with Gasteiger partial charge in [0.25, 0.3) is 0 Å². The van der Waals surface area contributed by atoms with Crippen molar-refractivity contribution in [3.8, 4) is 0 Å². The van der Waals surface area contributed by atoms with Crippen molar-refractivity contribution in [1.29, 1.82) is 0 Å². The molecule has 0 aliphatic heterocycles. The van der Waals surface area contributed by atoms with Crippen LogP contribution in [0.4, 0.5) is 0 Å². The molecule has 0 saturated heterocycles. The molecule has 1 atom stereocenters. The van der Waals surface area contributed by atoms with Gasteiger partial charge in [0.05, 0.1) is 6.10 Å². The minimum absolute atomic E-state index is 0.107. The average Bonchev–Trinajstić information content (AvgIpc) is 2.24. The Morgan fingerprint density at radius 3 is 1.67 bits per heavy atom. The quantitative estimate of drug-likeness (QED) is 0.422. The molecule has 21 heavy (non-hydrogen) atoms. The predicted octanol–water partition coefficient (Wildman–Crippen LogP) is 5.97. The smallest absolute Gasteiger partial charge is 0.192 e. The summed E-state index contributed by atoms with van der Waals surface area (Å²) < 4.78 is 12.7. The van der Waals surface area contributed by atoms with Gasteiger partial charge in [0.15, 0.2) is 16.6 Å². The summed E-state index contributed by atoms with van der Waals surface area (Å²) in [6.07, 6.45) is 2.95. The van der Waals surface area contributed by atoms with E-state index in [4.69, 9.17) is 8.85 Å². The Morgan fingerprint density at radius 1 is 0.905 bits per heavy atom. The van der Waals surface area contributed by atoms with Gasteiger partial charge in [0.1, 0.15) is 0 Å². The van der Waals surface area contributed by atoms with Crippen LogP contribution in [-0.2, 0) is 8.85 Å². The van der Waals surface area contributed by atoms with E-state index in [1.807, 2.05) is 6.08 Å². The molecule has 0 radical (unpaired) electrons. The molecule has 126 valence electrons. The Bertz CT molecular complexity index is 336. The van der Waals surface area contributed by atoms with Crippen LogP contribution in [0.3, 0.4) is 0 Å². The summed E-state index contributed by atoms with van der Waals surface area (Å²) in [6, 6.07) is 0. The molecule has 0 aromatic rings. The van der Waals surface area contributed by atoms with Crippen LogP contribution in [0.1, 0.15) is 48.0 Å². The Labute approximate surface area is 135 Å². The maximum Gasteiger partial charge on any atom is 0.192 e. The molecule has 0 rings (SSSR count). The van der Waals surface area contributed by atoms with E-state index < -0.39 is 16.6 Å². The van der Waals surface area contributed by atoms with Crippen LogP contribution < -0.4 is 0 Å². The van der Waals surface area contributed by atoms with Crippen LogP contribution in [0.2, 0.25) is 36.3 Å². The van der Waals surface area contributed by atoms with Gasteiger partial charge in [-0.05, 0) is 42.7 Å². The van der Waals surface area contributed by atoms with Crippen molar-refractivity contribution < 1.29 is 8.85 Å². The molecule has 0 unspecified atom stereocenters. The van der Waals surface area contributed by atoms with Gasteiger partial charge < -0.3 is 8.85 Å². The van der Waals surface area contributed by atoms with Crippen LogP contribution in [0.15, 0.2) is 12.7 Å².